The van der Waals surface area contributed by atoms with Crippen LogP contribution >= 0.6 is 0 Å². The zero-order valence-corrected chi connectivity index (χ0v) is 19.9. The normalized spacial score (nSPS) is 38.5. The molecule has 0 saturated heterocycles. The van der Waals surface area contributed by atoms with Crippen molar-refractivity contribution in [3.05, 3.63) is 47.1 Å². The zero-order valence-electron chi connectivity index (χ0n) is 19.9. The van der Waals surface area contributed by atoms with E-state index in [9.17, 15) is 10.2 Å². The van der Waals surface area contributed by atoms with Crippen LogP contribution in [0.1, 0.15) is 97.3 Å². The number of hydrogen-bond donors (Lipinski definition) is 2. The van der Waals surface area contributed by atoms with E-state index in [1.807, 2.05) is 0 Å². The van der Waals surface area contributed by atoms with Crippen molar-refractivity contribution in [2.75, 3.05) is 0 Å². The standard InChI is InChI=1S/C29H44O2/c1-20(8-6-11-22-9-4-5-10-22)25-15-16-26-24(12-7-17-29(25,26)3)14-13-23-18-27(30)21(2)28(31)19-23/h11,13-14,20,25-28,30-31H,2,4-10,12,15-19H2,1,3H3/b24-14+/t20-,25+,26-,27+,28+,29+/m0/s1. The minimum absolute atomic E-state index is 0.447. The summed E-state index contributed by atoms with van der Waals surface area (Å²) in [6.07, 6.45) is 21.9. The number of rotatable bonds is 5. The monoisotopic (exact) mass is 424 g/mol. The molecule has 4 rings (SSSR count). The van der Waals surface area contributed by atoms with Crippen LogP contribution in [-0.4, -0.2) is 22.4 Å². The van der Waals surface area contributed by atoms with Crippen LogP contribution in [0.15, 0.2) is 47.1 Å². The molecule has 0 aromatic heterocycles. The molecule has 172 valence electrons. The number of aliphatic hydroxyl groups is 2. The second-order valence-corrected chi connectivity index (χ2v) is 11.3. The molecule has 4 saturated carbocycles. The van der Waals surface area contributed by atoms with Crippen molar-refractivity contribution in [2.45, 2.75) is 110 Å². The van der Waals surface area contributed by atoms with Crippen LogP contribution in [0, 0.1) is 23.2 Å². The van der Waals surface area contributed by atoms with E-state index in [-0.39, 0.29) is 0 Å². The third-order valence-corrected chi connectivity index (χ3v) is 9.33. The van der Waals surface area contributed by atoms with Crippen molar-refractivity contribution in [1.29, 1.82) is 0 Å². The van der Waals surface area contributed by atoms with Crippen molar-refractivity contribution in [2.24, 2.45) is 23.2 Å². The highest BCUT2D eigenvalue weighted by atomic mass is 16.3. The maximum atomic E-state index is 10.2. The predicted octanol–water partition coefficient (Wildman–Crippen LogP) is 7.04. The van der Waals surface area contributed by atoms with Crippen molar-refractivity contribution in [1.82, 2.24) is 0 Å². The summed E-state index contributed by atoms with van der Waals surface area (Å²) in [7, 11) is 0. The summed E-state index contributed by atoms with van der Waals surface area (Å²) in [5.41, 5.74) is 5.53. The van der Waals surface area contributed by atoms with Gasteiger partial charge in [0.25, 0.3) is 0 Å². The molecule has 0 aliphatic heterocycles. The fraction of sp³-hybridized carbons (Fsp3) is 0.724. The van der Waals surface area contributed by atoms with Crippen LogP contribution in [0.4, 0.5) is 0 Å². The van der Waals surface area contributed by atoms with Crippen LogP contribution in [0.3, 0.4) is 0 Å². The summed E-state index contributed by atoms with van der Waals surface area (Å²) >= 11 is 0. The van der Waals surface area contributed by atoms with Gasteiger partial charge < -0.3 is 10.2 Å². The third kappa shape index (κ3) is 4.96. The van der Waals surface area contributed by atoms with Crippen LogP contribution in [0.5, 0.6) is 0 Å². The van der Waals surface area contributed by atoms with Crippen LogP contribution < -0.4 is 0 Å². The summed E-state index contributed by atoms with van der Waals surface area (Å²) < 4.78 is 0. The Kier molecular flexibility index (Phi) is 7.28. The largest absolute Gasteiger partial charge is 0.388 e. The Hall–Kier alpha value is -1.12. The van der Waals surface area contributed by atoms with Crippen molar-refractivity contribution in [3.8, 4) is 0 Å². The molecule has 4 fully saturated rings. The SMILES string of the molecule is C=C1[C@H](O)CC(=C/C=C2\CCC[C@]3(C)[C@@H]([C@@H](C)CCC=C4CCCC4)CC[C@@H]23)C[C@H]1O. The second-order valence-electron chi connectivity index (χ2n) is 11.3. The highest BCUT2D eigenvalue weighted by Crippen LogP contribution is 2.59. The number of hydrogen-bond acceptors (Lipinski definition) is 2. The average Bonchev–Trinajstić information content (AvgIpc) is 3.37. The van der Waals surface area contributed by atoms with E-state index < -0.39 is 12.2 Å². The van der Waals surface area contributed by atoms with Gasteiger partial charge in [-0.2, -0.15) is 0 Å². The predicted molar refractivity (Wildman–Crippen MR) is 130 cm³/mol. The molecule has 0 spiro atoms. The van der Waals surface area contributed by atoms with Crippen molar-refractivity contribution < 1.29 is 10.2 Å². The minimum Gasteiger partial charge on any atom is -0.388 e. The number of fused-ring (bicyclic) bond motifs is 1. The molecule has 0 radical (unpaired) electrons. The van der Waals surface area contributed by atoms with Gasteiger partial charge in [0.1, 0.15) is 0 Å². The molecule has 2 nitrogen and oxygen atoms in total. The third-order valence-electron chi connectivity index (χ3n) is 9.33. The first-order valence-electron chi connectivity index (χ1n) is 13.0. The Balaban J connectivity index is 1.41. The molecule has 0 unspecified atom stereocenters. The van der Waals surface area contributed by atoms with E-state index in [1.54, 1.807) is 11.1 Å². The molecule has 31 heavy (non-hydrogen) atoms. The molecule has 0 bridgehead atoms. The summed E-state index contributed by atoms with van der Waals surface area (Å²) in [5.74, 6) is 2.37. The molecule has 0 amide bonds. The average molecular weight is 425 g/mol. The smallest absolute Gasteiger partial charge is 0.0809 e. The summed E-state index contributed by atoms with van der Waals surface area (Å²) in [4.78, 5) is 0. The van der Waals surface area contributed by atoms with E-state index >= 15 is 0 Å². The fourth-order valence-corrected chi connectivity index (χ4v) is 7.42. The van der Waals surface area contributed by atoms with E-state index in [1.165, 1.54) is 70.6 Å². The highest BCUT2D eigenvalue weighted by molar-refractivity contribution is 5.29. The fourth-order valence-electron chi connectivity index (χ4n) is 7.42. The Morgan fingerprint density at radius 3 is 2.42 bits per heavy atom. The quantitative estimate of drug-likeness (QED) is 0.464. The molecule has 2 heteroatoms. The number of allylic oxidation sites excluding steroid dienone is 5. The van der Waals surface area contributed by atoms with Gasteiger partial charge in [-0.15, -0.1) is 0 Å². The molecule has 6 atom stereocenters. The summed E-state index contributed by atoms with van der Waals surface area (Å²) in [5, 5.41) is 20.3. The van der Waals surface area contributed by atoms with Crippen LogP contribution in [0.25, 0.3) is 0 Å². The van der Waals surface area contributed by atoms with Gasteiger partial charge in [0.15, 0.2) is 0 Å². The Bertz CT molecular complexity index is 733. The lowest BCUT2D eigenvalue weighted by Gasteiger charge is -2.44. The lowest BCUT2D eigenvalue weighted by Crippen LogP contribution is -2.36. The second kappa shape index (κ2) is 9.79. The highest BCUT2D eigenvalue weighted by Gasteiger charge is 2.50. The molecule has 4 aliphatic rings. The van der Waals surface area contributed by atoms with E-state index in [2.05, 4.69) is 38.7 Å². The van der Waals surface area contributed by atoms with Gasteiger partial charge in [-0.25, -0.2) is 0 Å². The van der Waals surface area contributed by atoms with Gasteiger partial charge in [-0.1, -0.05) is 55.4 Å². The first-order valence-corrected chi connectivity index (χ1v) is 13.0. The van der Waals surface area contributed by atoms with E-state index in [0.717, 1.165) is 17.4 Å². The lowest BCUT2D eigenvalue weighted by molar-refractivity contribution is 0.0946. The Labute approximate surface area is 190 Å². The van der Waals surface area contributed by atoms with Gasteiger partial charge in [0.2, 0.25) is 0 Å². The maximum Gasteiger partial charge on any atom is 0.0809 e. The first-order chi connectivity index (χ1) is 14.9. The van der Waals surface area contributed by atoms with Crippen LogP contribution in [-0.2, 0) is 0 Å². The van der Waals surface area contributed by atoms with Gasteiger partial charge in [-0.3, -0.25) is 0 Å². The molecule has 0 heterocycles. The molecule has 4 aliphatic carbocycles. The minimum atomic E-state index is -0.596. The Morgan fingerprint density at radius 2 is 1.71 bits per heavy atom. The molecule has 2 N–H and O–H groups in total. The van der Waals surface area contributed by atoms with Gasteiger partial charge in [0.05, 0.1) is 12.2 Å². The summed E-state index contributed by atoms with van der Waals surface area (Å²) in [6, 6.07) is 0. The van der Waals surface area contributed by atoms with E-state index in [0.29, 0.717) is 29.7 Å². The van der Waals surface area contributed by atoms with Gasteiger partial charge >= 0.3 is 0 Å². The maximum absolute atomic E-state index is 10.2. The molecule has 0 aromatic carbocycles. The summed E-state index contributed by atoms with van der Waals surface area (Å²) in [6.45, 7) is 8.94. The molecule has 0 aromatic rings. The first kappa shape index (κ1) is 23.1. The molecular formula is C29H44O2. The lowest BCUT2D eigenvalue weighted by atomic mass is 9.60. The van der Waals surface area contributed by atoms with Crippen molar-refractivity contribution >= 4 is 0 Å². The van der Waals surface area contributed by atoms with E-state index in [4.69, 9.17) is 0 Å². The van der Waals surface area contributed by atoms with Crippen molar-refractivity contribution in [3.63, 3.8) is 0 Å². The van der Waals surface area contributed by atoms with Crippen LogP contribution in [0.2, 0.25) is 0 Å². The molecular weight excluding hydrogens is 380 g/mol. The van der Waals surface area contributed by atoms with Gasteiger partial charge in [-0.05, 0) is 112 Å². The topological polar surface area (TPSA) is 40.5 Å². The zero-order chi connectivity index (χ0) is 22.0. The number of aliphatic hydroxyl groups excluding tert-OH is 2. The Morgan fingerprint density at radius 1 is 1.00 bits per heavy atom. The van der Waals surface area contributed by atoms with Gasteiger partial charge in [0, 0.05) is 0 Å².